The molecule has 3 rings (SSSR count). The Morgan fingerprint density at radius 2 is 2.41 bits per heavy atom. The van der Waals surface area contributed by atoms with Gasteiger partial charge >= 0.3 is 0 Å². The van der Waals surface area contributed by atoms with Crippen LogP contribution in [0.1, 0.15) is 11.3 Å². The van der Waals surface area contributed by atoms with Crippen molar-refractivity contribution >= 4 is 5.52 Å². The molecular formula is C14H18N2O. The second-order valence-corrected chi connectivity index (χ2v) is 4.67. The van der Waals surface area contributed by atoms with Gasteiger partial charge in [0.15, 0.2) is 0 Å². The van der Waals surface area contributed by atoms with E-state index in [-0.39, 0.29) is 0 Å². The summed E-state index contributed by atoms with van der Waals surface area (Å²) in [5.74, 6) is 0. The smallest absolute Gasteiger partial charge is 0.0754 e. The zero-order chi connectivity index (χ0) is 11.7. The molecule has 17 heavy (non-hydrogen) atoms. The van der Waals surface area contributed by atoms with E-state index in [1.54, 1.807) is 0 Å². The molecule has 0 saturated carbocycles. The third-order valence-corrected chi connectivity index (χ3v) is 3.43. The molecule has 1 saturated heterocycles. The quantitative estimate of drug-likeness (QED) is 0.851. The van der Waals surface area contributed by atoms with E-state index < -0.39 is 0 Å². The lowest BCUT2D eigenvalue weighted by Gasteiger charge is -2.23. The van der Waals surface area contributed by atoms with E-state index in [4.69, 9.17) is 4.74 Å². The number of fused-ring (bicyclic) bond motifs is 1. The van der Waals surface area contributed by atoms with Gasteiger partial charge < -0.3 is 14.5 Å². The summed E-state index contributed by atoms with van der Waals surface area (Å²) in [5, 5.41) is 3.38. The van der Waals surface area contributed by atoms with Crippen molar-refractivity contribution < 1.29 is 4.74 Å². The lowest BCUT2D eigenvalue weighted by atomic mass is 10.1. The Hall–Kier alpha value is -1.32. The van der Waals surface area contributed by atoms with Crippen molar-refractivity contribution in [2.75, 3.05) is 19.7 Å². The zero-order valence-corrected chi connectivity index (χ0v) is 10.1. The van der Waals surface area contributed by atoms with Gasteiger partial charge in [0, 0.05) is 36.9 Å². The first kappa shape index (κ1) is 10.8. The highest BCUT2D eigenvalue weighted by molar-refractivity contribution is 5.53. The number of morpholine rings is 1. The summed E-state index contributed by atoms with van der Waals surface area (Å²) in [7, 11) is 0. The van der Waals surface area contributed by atoms with Crippen molar-refractivity contribution in [3.05, 3.63) is 41.7 Å². The van der Waals surface area contributed by atoms with Gasteiger partial charge in [0.1, 0.15) is 0 Å². The summed E-state index contributed by atoms with van der Waals surface area (Å²) in [5.41, 5.74) is 3.99. The number of nitrogens with one attached hydrogen (secondary N) is 1. The Bertz CT molecular complexity index is 512. The van der Waals surface area contributed by atoms with Crippen molar-refractivity contribution in [2.45, 2.75) is 19.4 Å². The number of ether oxygens (including phenoxy) is 1. The predicted molar refractivity (Wildman–Crippen MR) is 68.4 cm³/mol. The van der Waals surface area contributed by atoms with Gasteiger partial charge in [0.25, 0.3) is 0 Å². The van der Waals surface area contributed by atoms with Crippen LogP contribution in [0, 0.1) is 6.92 Å². The maximum atomic E-state index is 5.78. The number of hydrogen-bond donors (Lipinski definition) is 1. The van der Waals surface area contributed by atoms with Crippen LogP contribution in [0.2, 0.25) is 0 Å². The summed E-state index contributed by atoms with van der Waals surface area (Å²) < 4.78 is 8.05. The maximum absolute atomic E-state index is 5.78. The summed E-state index contributed by atoms with van der Waals surface area (Å²) in [4.78, 5) is 0. The van der Waals surface area contributed by atoms with Gasteiger partial charge in [0.05, 0.1) is 12.7 Å². The molecule has 2 aromatic heterocycles. The molecule has 1 atom stereocenters. The van der Waals surface area contributed by atoms with Gasteiger partial charge in [-0.25, -0.2) is 0 Å². The highest BCUT2D eigenvalue weighted by atomic mass is 16.5. The first-order valence-corrected chi connectivity index (χ1v) is 6.22. The minimum Gasteiger partial charge on any atom is -0.375 e. The topological polar surface area (TPSA) is 25.7 Å². The molecule has 0 spiro atoms. The maximum Gasteiger partial charge on any atom is 0.0754 e. The number of aryl methyl sites for hydroxylation is 1. The first-order valence-electron chi connectivity index (χ1n) is 6.22. The first-order chi connectivity index (χ1) is 8.34. The van der Waals surface area contributed by atoms with Crippen LogP contribution in [0.5, 0.6) is 0 Å². The van der Waals surface area contributed by atoms with E-state index in [0.29, 0.717) is 6.10 Å². The minimum absolute atomic E-state index is 0.306. The second-order valence-electron chi connectivity index (χ2n) is 4.67. The number of hydrogen-bond acceptors (Lipinski definition) is 2. The molecule has 0 bridgehead atoms. The Morgan fingerprint density at radius 3 is 3.24 bits per heavy atom. The molecule has 0 amide bonds. The molecule has 2 aromatic rings. The summed E-state index contributed by atoms with van der Waals surface area (Å²) in [6.07, 6.45) is 3.42. The fourth-order valence-corrected chi connectivity index (χ4v) is 2.54. The highest BCUT2D eigenvalue weighted by Crippen LogP contribution is 2.18. The Labute approximate surface area is 101 Å². The van der Waals surface area contributed by atoms with E-state index in [9.17, 15) is 0 Å². The Kier molecular flexibility index (Phi) is 2.87. The molecule has 1 fully saturated rings. The number of aromatic nitrogens is 1. The number of pyridine rings is 1. The molecule has 1 aliphatic heterocycles. The van der Waals surface area contributed by atoms with E-state index in [1.165, 1.54) is 16.8 Å². The summed E-state index contributed by atoms with van der Waals surface area (Å²) in [6, 6.07) is 8.55. The molecular weight excluding hydrogens is 212 g/mol. The third-order valence-electron chi connectivity index (χ3n) is 3.43. The molecule has 0 aliphatic carbocycles. The van der Waals surface area contributed by atoms with Crippen LogP contribution in [0.15, 0.2) is 30.5 Å². The van der Waals surface area contributed by atoms with Crippen molar-refractivity contribution in [3.63, 3.8) is 0 Å². The zero-order valence-electron chi connectivity index (χ0n) is 10.1. The SMILES string of the molecule is Cc1cc2ccccn2c1CC1CNCCO1. The van der Waals surface area contributed by atoms with Gasteiger partial charge in [-0.15, -0.1) is 0 Å². The Morgan fingerprint density at radius 1 is 1.47 bits per heavy atom. The molecule has 0 aromatic carbocycles. The monoisotopic (exact) mass is 230 g/mol. The van der Waals surface area contributed by atoms with E-state index >= 15 is 0 Å². The molecule has 3 heteroatoms. The van der Waals surface area contributed by atoms with E-state index in [0.717, 1.165) is 26.1 Å². The van der Waals surface area contributed by atoms with Crippen molar-refractivity contribution in [2.24, 2.45) is 0 Å². The fourth-order valence-electron chi connectivity index (χ4n) is 2.54. The van der Waals surface area contributed by atoms with Crippen LogP contribution < -0.4 is 5.32 Å². The van der Waals surface area contributed by atoms with Crippen LogP contribution in [-0.2, 0) is 11.2 Å². The Balaban J connectivity index is 1.90. The van der Waals surface area contributed by atoms with E-state index in [2.05, 4.69) is 47.1 Å². The molecule has 3 heterocycles. The fraction of sp³-hybridized carbons (Fsp3) is 0.429. The average Bonchev–Trinajstić information content (AvgIpc) is 2.68. The second kappa shape index (κ2) is 4.51. The minimum atomic E-state index is 0.306. The van der Waals surface area contributed by atoms with Crippen molar-refractivity contribution in [1.29, 1.82) is 0 Å². The lowest BCUT2D eigenvalue weighted by molar-refractivity contribution is 0.0285. The van der Waals surface area contributed by atoms with Gasteiger partial charge in [-0.1, -0.05) is 6.07 Å². The van der Waals surface area contributed by atoms with E-state index in [1.807, 2.05) is 0 Å². The van der Waals surface area contributed by atoms with Gasteiger partial charge in [-0.05, 0) is 30.7 Å². The molecule has 1 aliphatic rings. The van der Waals surface area contributed by atoms with Gasteiger partial charge in [0.2, 0.25) is 0 Å². The normalized spacial score (nSPS) is 20.9. The predicted octanol–water partition coefficient (Wildman–Crippen LogP) is 1.78. The van der Waals surface area contributed by atoms with Crippen LogP contribution in [0.4, 0.5) is 0 Å². The molecule has 1 unspecified atom stereocenters. The largest absolute Gasteiger partial charge is 0.375 e. The average molecular weight is 230 g/mol. The highest BCUT2D eigenvalue weighted by Gasteiger charge is 2.17. The molecule has 1 N–H and O–H groups in total. The van der Waals surface area contributed by atoms with Gasteiger partial charge in [-0.3, -0.25) is 0 Å². The van der Waals surface area contributed by atoms with Crippen LogP contribution in [0.25, 0.3) is 5.52 Å². The van der Waals surface area contributed by atoms with Crippen LogP contribution >= 0.6 is 0 Å². The molecule has 0 radical (unpaired) electrons. The molecule has 3 nitrogen and oxygen atoms in total. The summed E-state index contributed by atoms with van der Waals surface area (Å²) in [6.45, 7) is 4.94. The van der Waals surface area contributed by atoms with Crippen molar-refractivity contribution in [3.8, 4) is 0 Å². The standard InChI is InChI=1S/C14H18N2O/c1-11-8-12-4-2-3-6-16(12)14(11)9-13-10-15-5-7-17-13/h2-4,6,8,13,15H,5,7,9-10H2,1H3. The lowest BCUT2D eigenvalue weighted by Crippen LogP contribution is -2.39. The third kappa shape index (κ3) is 2.08. The summed E-state index contributed by atoms with van der Waals surface area (Å²) >= 11 is 0. The van der Waals surface area contributed by atoms with Crippen LogP contribution in [0.3, 0.4) is 0 Å². The number of rotatable bonds is 2. The number of nitrogens with zero attached hydrogens (tertiary/aromatic N) is 1. The van der Waals surface area contributed by atoms with Crippen LogP contribution in [-0.4, -0.2) is 30.2 Å². The molecule has 90 valence electrons. The van der Waals surface area contributed by atoms with Crippen molar-refractivity contribution in [1.82, 2.24) is 9.72 Å². The van der Waals surface area contributed by atoms with Gasteiger partial charge in [-0.2, -0.15) is 0 Å².